The fourth-order valence-corrected chi connectivity index (χ4v) is 4.28. The number of nitrogens with one attached hydrogen (secondary N) is 2. The van der Waals surface area contributed by atoms with E-state index >= 15 is 0 Å². The van der Waals surface area contributed by atoms with Gasteiger partial charge in [0.2, 0.25) is 5.91 Å². The molecule has 2 aromatic carbocycles. The van der Waals surface area contributed by atoms with E-state index < -0.39 is 0 Å². The van der Waals surface area contributed by atoms with Crippen LogP contribution in [0.1, 0.15) is 63.0 Å². The molecule has 32 heavy (non-hydrogen) atoms. The number of piperidine rings is 1. The Hall–Kier alpha value is -2.40. The van der Waals surface area contributed by atoms with Crippen molar-refractivity contribution in [3.63, 3.8) is 0 Å². The van der Waals surface area contributed by atoms with Crippen LogP contribution in [-0.4, -0.2) is 43.5 Å². The number of benzene rings is 2. The van der Waals surface area contributed by atoms with E-state index in [1.807, 2.05) is 6.92 Å². The molecule has 1 amide bonds. The van der Waals surface area contributed by atoms with Gasteiger partial charge >= 0.3 is 0 Å². The summed E-state index contributed by atoms with van der Waals surface area (Å²) in [6.45, 7) is 11.2. The summed E-state index contributed by atoms with van der Waals surface area (Å²) in [5.41, 5.74) is 3.51. The molecule has 1 heterocycles. The maximum Gasteiger partial charge on any atom is 0.227 e. The number of anilines is 1. The largest absolute Gasteiger partial charge is 0.385 e. The van der Waals surface area contributed by atoms with Crippen molar-refractivity contribution in [1.29, 1.82) is 0 Å². The fourth-order valence-electron chi connectivity index (χ4n) is 4.28. The van der Waals surface area contributed by atoms with Crippen molar-refractivity contribution in [3.05, 3.63) is 65.5 Å². The van der Waals surface area contributed by atoms with Gasteiger partial charge in [-0.3, -0.25) is 4.79 Å². The Balaban J connectivity index is 1.35. The van der Waals surface area contributed by atoms with Crippen LogP contribution >= 0.6 is 0 Å². The quantitative estimate of drug-likeness (QED) is 0.488. The van der Waals surface area contributed by atoms with E-state index in [1.54, 1.807) is 12.1 Å². The molecule has 1 atom stereocenters. The van der Waals surface area contributed by atoms with Gasteiger partial charge in [0.05, 0.1) is 5.92 Å². The van der Waals surface area contributed by atoms with Crippen molar-refractivity contribution in [1.82, 2.24) is 10.2 Å². The third-order valence-electron chi connectivity index (χ3n) is 6.37. The zero-order valence-corrected chi connectivity index (χ0v) is 19.7. The summed E-state index contributed by atoms with van der Waals surface area (Å²) >= 11 is 0. The average molecular weight is 440 g/mol. The van der Waals surface area contributed by atoms with Gasteiger partial charge in [0.15, 0.2) is 0 Å². The monoisotopic (exact) mass is 439 g/mol. The van der Waals surface area contributed by atoms with E-state index in [0.717, 1.165) is 38.2 Å². The molecule has 0 bridgehead atoms. The van der Waals surface area contributed by atoms with Crippen LogP contribution in [0.2, 0.25) is 0 Å². The first-order chi connectivity index (χ1) is 15.4. The van der Waals surface area contributed by atoms with Gasteiger partial charge in [-0.1, -0.05) is 38.1 Å². The second kappa shape index (κ2) is 12.0. The maximum atomic E-state index is 13.1. The van der Waals surface area contributed by atoms with Gasteiger partial charge in [-0.25, -0.2) is 4.39 Å². The Bertz CT molecular complexity index is 844. The van der Waals surface area contributed by atoms with Gasteiger partial charge in [-0.2, -0.15) is 0 Å². The van der Waals surface area contributed by atoms with Crippen LogP contribution < -0.4 is 10.6 Å². The maximum absolute atomic E-state index is 13.1. The zero-order chi connectivity index (χ0) is 22.9. The van der Waals surface area contributed by atoms with Crippen LogP contribution in [0.4, 0.5) is 10.1 Å². The second-order valence-electron chi connectivity index (χ2n) is 9.43. The van der Waals surface area contributed by atoms with E-state index in [-0.39, 0.29) is 17.6 Å². The number of likely N-dealkylation sites (tertiary alicyclic amines) is 1. The molecule has 174 valence electrons. The van der Waals surface area contributed by atoms with Crippen molar-refractivity contribution >= 4 is 11.6 Å². The van der Waals surface area contributed by atoms with Gasteiger partial charge in [-0.15, -0.1) is 0 Å². The van der Waals surface area contributed by atoms with Gasteiger partial charge in [0, 0.05) is 18.8 Å². The zero-order valence-electron chi connectivity index (χ0n) is 19.7. The van der Waals surface area contributed by atoms with Crippen molar-refractivity contribution in [2.24, 2.45) is 5.92 Å². The summed E-state index contributed by atoms with van der Waals surface area (Å²) in [5.74, 6) is 0.722. The minimum Gasteiger partial charge on any atom is -0.385 e. The molecule has 0 saturated carbocycles. The van der Waals surface area contributed by atoms with E-state index in [9.17, 15) is 9.18 Å². The molecule has 1 unspecified atom stereocenters. The Labute approximate surface area is 192 Å². The highest BCUT2D eigenvalue weighted by Crippen LogP contribution is 2.29. The Morgan fingerprint density at radius 3 is 2.50 bits per heavy atom. The van der Waals surface area contributed by atoms with Gasteiger partial charge in [-0.05, 0) is 93.0 Å². The summed E-state index contributed by atoms with van der Waals surface area (Å²) in [6.07, 6.45) is 3.31. The lowest BCUT2D eigenvalue weighted by atomic mass is 9.89. The molecule has 0 radical (unpaired) electrons. The molecule has 2 aromatic rings. The first kappa shape index (κ1) is 24.2. The van der Waals surface area contributed by atoms with Gasteiger partial charge < -0.3 is 15.5 Å². The van der Waals surface area contributed by atoms with Crippen LogP contribution in [0, 0.1) is 11.7 Å². The standard InChI is InChI=1S/C27H38FN3O/c1-20(2)19-30-26-7-4-6-24(18-26)23-12-16-31(17-13-23)15-5-14-29-27(32)21(3)22-8-10-25(28)11-9-22/h4,6-11,18,20-21,23,30H,5,12-17,19H2,1-3H3,(H,29,32). The number of rotatable bonds is 10. The minimum absolute atomic E-state index is 0.00118. The molecule has 1 aliphatic rings. The summed E-state index contributed by atoms with van der Waals surface area (Å²) in [6, 6.07) is 15.1. The lowest BCUT2D eigenvalue weighted by Crippen LogP contribution is -2.36. The molecular weight excluding hydrogens is 401 g/mol. The number of halogens is 1. The second-order valence-corrected chi connectivity index (χ2v) is 9.43. The van der Waals surface area contributed by atoms with Crippen molar-refractivity contribution in [2.45, 2.75) is 51.9 Å². The van der Waals surface area contributed by atoms with Crippen molar-refractivity contribution in [2.75, 3.05) is 38.0 Å². The van der Waals surface area contributed by atoms with E-state index in [2.05, 4.69) is 53.6 Å². The number of hydrogen-bond acceptors (Lipinski definition) is 3. The van der Waals surface area contributed by atoms with Gasteiger partial charge in [0.25, 0.3) is 0 Å². The summed E-state index contributed by atoms with van der Waals surface area (Å²) in [7, 11) is 0. The minimum atomic E-state index is -0.277. The van der Waals surface area contributed by atoms with Crippen LogP contribution in [0.25, 0.3) is 0 Å². The number of hydrogen-bond donors (Lipinski definition) is 2. The van der Waals surface area contributed by atoms with E-state index in [1.165, 1.54) is 36.2 Å². The molecule has 5 heteroatoms. The topological polar surface area (TPSA) is 44.4 Å². The normalized spacial score (nSPS) is 16.2. The van der Waals surface area contributed by atoms with Crippen LogP contribution in [0.5, 0.6) is 0 Å². The first-order valence-electron chi connectivity index (χ1n) is 12.0. The van der Waals surface area contributed by atoms with Crippen molar-refractivity contribution in [3.8, 4) is 0 Å². The lowest BCUT2D eigenvalue weighted by molar-refractivity contribution is -0.122. The highest BCUT2D eigenvalue weighted by atomic mass is 19.1. The third kappa shape index (κ3) is 7.33. The average Bonchev–Trinajstić information content (AvgIpc) is 2.81. The lowest BCUT2D eigenvalue weighted by Gasteiger charge is -2.32. The molecule has 1 fully saturated rings. The molecule has 3 rings (SSSR count). The number of carbonyl (C=O) groups excluding carboxylic acids is 1. The molecule has 4 nitrogen and oxygen atoms in total. The summed E-state index contributed by atoms with van der Waals surface area (Å²) in [5, 5.41) is 6.56. The molecule has 0 aliphatic carbocycles. The molecule has 2 N–H and O–H groups in total. The van der Waals surface area contributed by atoms with Crippen LogP contribution in [0.3, 0.4) is 0 Å². The predicted molar refractivity (Wildman–Crippen MR) is 131 cm³/mol. The SMILES string of the molecule is CC(C)CNc1cccc(C2CCN(CCCNC(=O)C(C)c3ccc(F)cc3)CC2)c1. The Kier molecular flexibility index (Phi) is 9.10. The molecule has 1 aliphatic heterocycles. The fraction of sp³-hybridized carbons (Fsp3) is 0.519. The highest BCUT2D eigenvalue weighted by Gasteiger charge is 2.21. The summed E-state index contributed by atoms with van der Waals surface area (Å²) in [4.78, 5) is 14.9. The smallest absolute Gasteiger partial charge is 0.227 e. The predicted octanol–water partition coefficient (Wildman–Crippen LogP) is 5.38. The molecule has 0 aromatic heterocycles. The van der Waals surface area contributed by atoms with E-state index in [4.69, 9.17) is 0 Å². The third-order valence-corrected chi connectivity index (χ3v) is 6.37. The Morgan fingerprint density at radius 1 is 1.09 bits per heavy atom. The molecular formula is C27H38FN3O. The molecule has 1 saturated heterocycles. The Morgan fingerprint density at radius 2 is 1.81 bits per heavy atom. The first-order valence-corrected chi connectivity index (χ1v) is 12.0. The highest BCUT2D eigenvalue weighted by molar-refractivity contribution is 5.83. The van der Waals surface area contributed by atoms with Crippen LogP contribution in [0.15, 0.2) is 48.5 Å². The van der Waals surface area contributed by atoms with Gasteiger partial charge in [0.1, 0.15) is 5.82 Å². The van der Waals surface area contributed by atoms with Crippen molar-refractivity contribution < 1.29 is 9.18 Å². The number of carbonyl (C=O) groups is 1. The van der Waals surface area contributed by atoms with Crippen LogP contribution in [-0.2, 0) is 4.79 Å². The number of nitrogens with zero attached hydrogens (tertiary/aromatic N) is 1. The van der Waals surface area contributed by atoms with E-state index in [0.29, 0.717) is 18.4 Å². The summed E-state index contributed by atoms with van der Waals surface area (Å²) < 4.78 is 13.1. The molecule has 0 spiro atoms. The number of amides is 1.